The third-order valence-electron chi connectivity index (χ3n) is 5.47. The van der Waals surface area contributed by atoms with Crippen molar-refractivity contribution in [2.75, 3.05) is 17.1 Å². The molecule has 2 rings (SSSR count). The van der Waals surface area contributed by atoms with Crippen molar-refractivity contribution >= 4 is 43.5 Å². The summed E-state index contributed by atoms with van der Waals surface area (Å²) >= 11 is 3.43. The lowest BCUT2D eigenvalue weighted by Crippen LogP contribution is -2.52. The van der Waals surface area contributed by atoms with Crippen molar-refractivity contribution in [3.05, 3.63) is 64.1 Å². The van der Waals surface area contributed by atoms with E-state index in [4.69, 9.17) is 0 Å². The summed E-state index contributed by atoms with van der Waals surface area (Å²) in [5, 5.41) is 2.91. The summed E-state index contributed by atoms with van der Waals surface area (Å²) in [5.41, 5.74) is 1.99. The first kappa shape index (κ1) is 26.9. The second-order valence-electron chi connectivity index (χ2n) is 8.20. The van der Waals surface area contributed by atoms with Crippen LogP contribution in [0.15, 0.2) is 53.0 Å². The molecule has 180 valence electrons. The maximum atomic E-state index is 13.5. The Hall–Kier alpha value is -2.39. The maximum Gasteiger partial charge on any atom is 0.244 e. The Labute approximate surface area is 205 Å². The minimum Gasteiger partial charge on any atom is -0.352 e. The molecule has 33 heavy (non-hydrogen) atoms. The van der Waals surface area contributed by atoms with Gasteiger partial charge >= 0.3 is 0 Å². The number of amides is 2. The Bertz CT molecular complexity index is 1090. The third-order valence-corrected chi connectivity index (χ3v) is 7.09. The summed E-state index contributed by atoms with van der Waals surface area (Å²) in [6.45, 7) is 7.07. The van der Waals surface area contributed by atoms with Crippen LogP contribution in [-0.2, 0) is 26.2 Å². The second-order valence-corrected chi connectivity index (χ2v) is 11.0. The van der Waals surface area contributed by atoms with Crippen molar-refractivity contribution in [1.29, 1.82) is 0 Å². The fraction of sp³-hybridized carbons (Fsp3) is 0.417. The van der Waals surface area contributed by atoms with E-state index >= 15 is 0 Å². The Morgan fingerprint density at radius 2 is 1.76 bits per heavy atom. The Morgan fingerprint density at radius 3 is 2.33 bits per heavy atom. The number of nitrogens with zero attached hydrogens (tertiary/aromatic N) is 2. The van der Waals surface area contributed by atoms with E-state index in [1.54, 1.807) is 32.0 Å². The minimum atomic E-state index is -3.74. The van der Waals surface area contributed by atoms with Crippen LogP contribution in [0.2, 0.25) is 0 Å². The molecule has 0 unspecified atom stereocenters. The van der Waals surface area contributed by atoms with Crippen LogP contribution < -0.4 is 9.62 Å². The molecule has 1 N–H and O–H groups in total. The molecular formula is C24H32BrN3O4S. The first-order chi connectivity index (χ1) is 15.4. The van der Waals surface area contributed by atoms with E-state index in [1.807, 2.05) is 44.2 Å². The van der Waals surface area contributed by atoms with Crippen LogP contribution in [0.5, 0.6) is 0 Å². The molecule has 0 saturated heterocycles. The van der Waals surface area contributed by atoms with Crippen molar-refractivity contribution in [2.45, 2.75) is 52.7 Å². The van der Waals surface area contributed by atoms with Gasteiger partial charge in [-0.2, -0.15) is 0 Å². The predicted molar refractivity (Wildman–Crippen MR) is 135 cm³/mol. The van der Waals surface area contributed by atoms with Gasteiger partial charge < -0.3 is 10.2 Å². The van der Waals surface area contributed by atoms with Gasteiger partial charge in [0.2, 0.25) is 21.8 Å². The molecule has 0 aliphatic rings. The van der Waals surface area contributed by atoms with Crippen molar-refractivity contribution in [3.8, 4) is 0 Å². The highest BCUT2D eigenvalue weighted by atomic mass is 79.9. The lowest BCUT2D eigenvalue weighted by Gasteiger charge is -2.32. The van der Waals surface area contributed by atoms with Gasteiger partial charge in [0, 0.05) is 17.1 Å². The number of rotatable bonds is 10. The smallest absolute Gasteiger partial charge is 0.244 e. The van der Waals surface area contributed by atoms with Crippen LogP contribution in [0, 0.1) is 6.92 Å². The molecule has 2 atom stereocenters. The van der Waals surface area contributed by atoms with Gasteiger partial charge in [-0.3, -0.25) is 13.9 Å². The molecule has 2 aromatic carbocycles. The first-order valence-corrected chi connectivity index (χ1v) is 13.5. The molecule has 0 fully saturated rings. The van der Waals surface area contributed by atoms with E-state index < -0.39 is 28.5 Å². The fourth-order valence-corrected chi connectivity index (χ4v) is 4.67. The van der Waals surface area contributed by atoms with E-state index in [0.29, 0.717) is 5.69 Å². The number of hydrogen-bond donors (Lipinski definition) is 1. The molecule has 0 radical (unpaired) electrons. The predicted octanol–water partition coefficient (Wildman–Crippen LogP) is 3.86. The largest absolute Gasteiger partial charge is 0.352 e. The van der Waals surface area contributed by atoms with Crippen molar-refractivity contribution < 1.29 is 18.0 Å². The normalized spacial score (nSPS) is 13.2. The van der Waals surface area contributed by atoms with Gasteiger partial charge in [-0.1, -0.05) is 53.2 Å². The number of para-hydroxylation sites is 1. The second kappa shape index (κ2) is 11.7. The molecule has 7 nitrogen and oxygen atoms in total. The van der Waals surface area contributed by atoms with E-state index in [0.717, 1.165) is 32.6 Å². The quantitative estimate of drug-likeness (QED) is 0.498. The summed E-state index contributed by atoms with van der Waals surface area (Å²) in [4.78, 5) is 27.8. The Kier molecular flexibility index (Phi) is 9.48. The zero-order chi connectivity index (χ0) is 24.8. The van der Waals surface area contributed by atoms with Crippen molar-refractivity contribution in [1.82, 2.24) is 10.2 Å². The summed E-state index contributed by atoms with van der Waals surface area (Å²) in [5.74, 6) is -0.745. The van der Waals surface area contributed by atoms with Crippen molar-refractivity contribution in [3.63, 3.8) is 0 Å². The van der Waals surface area contributed by atoms with Crippen LogP contribution in [0.4, 0.5) is 5.69 Å². The number of aryl methyl sites for hydroxylation is 1. The summed E-state index contributed by atoms with van der Waals surface area (Å²) < 4.78 is 27.1. The van der Waals surface area contributed by atoms with Crippen LogP contribution >= 0.6 is 15.9 Å². The molecule has 0 aromatic heterocycles. The topological polar surface area (TPSA) is 86.8 Å². The SMILES string of the molecule is CC[C@@H](C)NC(=O)[C@@H](C)N(Cc1cccc(Br)c1)C(=O)CN(c1ccccc1C)S(C)(=O)=O. The van der Waals surface area contributed by atoms with Gasteiger partial charge in [0.05, 0.1) is 11.9 Å². The monoisotopic (exact) mass is 537 g/mol. The molecule has 0 heterocycles. The number of nitrogens with one attached hydrogen (secondary N) is 1. The summed E-state index contributed by atoms with van der Waals surface area (Å²) in [7, 11) is -3.74. The number of anilines is 1. The molecule has 0 bridgehead atoms. The van der Waals surface area contributed by atoms with Gasteiger partial charge in [0.25, 0.3) is 0 Å². The molecule has 2 amide bonds. The number of sulfonamides is 1. The number of hydrogen-bond acceptors (Lipinski definition) is 4. The lowest BCUT2D eigenvalue weighted by molar-refractivity contribution is -0.139. The molecule has 2 aromatic rings. The average Bonchev–Trinajstić information content (AvgIpc) is 2.75. The third kappa shape index (κ3) is 7.57. The van der Waals surface area contributed by atoms with Crippen LogP contribution in [0.1, 0.15) is 38.3 Å². The van der Waals surface area contributed by atoms with Gasteiger partial charge in [-0.05, 0) is 56.5 Å². The average molecular weight is 539 g/mol. The molecule has 0 spiro atoms. The van der Waals surface area contributed by atoms with E-state index in [9.17, 15) is 18.0 Å². The van der Waals surface area contributed by atoms with Gasteiger partial charge in [0.15, 0.2) is 0 Å². The van der Waals surface area contributed by atoms with E-state index in [2.05, 4.69) is 21.2 Å². The standard InChI is InChI=1S/C24H32BrN3O4S/c1-6-18(3)26-24(30)19(4)27(15-20-11-9-12-21(25)14-20)23(29)16-28(33(5,31)32)22-13-8-7-10-17(22)2/h7-14,18-19H,6,15-16H2,1-5H3,(H,26,30)/t18-,19-/m1/s1. The number of halogens is 1. The lowest BCUT2D eigenvalue weighted by atomic mass is 10.1. The minimum absolute atomic E-state index is 0.0396. The van der Waals surface area contributed by atoms with Gasteiger partial charge in [-0.25, -0.2) is 8.42 Å². The molecule has 9 heteroatoms. The highest BCUT2D eigenvalue weighted by Crippen LogP contribution is 2.23. The van der Waals surface area contributed by atoms with Gasteiger partial charge in [-0.15, -0.1) is 0 Å². The van der Waals surface area contributed by atoms with Crippen LogP contribution in [-0.4, -0.2) is 50.0 Å². The van der Waals surface area contributed by atoms with Crippen LogP contribution in [0.25, 0.3) is 0 Å². The fourth-order valence-electron chi connectivity index (χ4n) is 3.32. The Morgan fingerprint density at radius 1 is 1.09 bits per heavy atom. The first-order valence-electron chi connectivity index (χ1n) is 10.8. The molecular weight excluding hydrogens is 506 g/mol. The number of carbonyl (C=O) groups excluding carboxylic acids is 2. The maximum absolute atomic E-state index is 13.5. The highest BCUT2D eigenvalue weighted by molar-refractivity contribution is 9.10. The number of benzene rings is 2. The zero-order valence-corrected chi connectivity index (χ0v) is 22.1. The zero-order valence-electron chi connectivity index (χ0n) is 19.7. The Balaban J connectivity index is 2.40. The highest BCUT2D eigenvalue weighted by Gasteiger charge is 2.30. The molecule has 0 saturated carbocycles. The number of carbonyl (C=O) groups is 2. The molecule has 0 aliphatic carbocycles. The van der Waals surface area contributed by atoms with Crippen LogP contribution in [0.3, 0.4) is 0 Å². The van der Waals surface area contributed by atoms with Crippen molar-refractivity contribution in [2.24, 2.45) is 0 Å². The van der Waals surface area contributed by atoms with E-state index in [-0.39, 0.29) is 18.5 Å². The van der Waals surface area contributed by atoms with E-state index in [1.165, 1.54) is 4.90 Å². The molecule has 0 aliphatic heterocycles. The summed E-state index contributed by atoms with van der Waals surface area (Å²) in [6.07, 6.45) is 1.83. The summed E-state index contributed by atoms with van der Waals surface area (Å²) in [6, 6.07) is 13.6. The van der Waals surface area contributed by atoms with Gasteiger partial charge in [0.1, 0.15) is 12.6 Å².